The van der Waals surface area contributed by atoms with Crippen LogP contribution in [0.25, 0.3) is 0 Å². The zero-order valence-corrected chi connectivity index (χ0v) is 32.8. The molecule has 51 heavy (non-hydrogen) atoms. The van der Waals surface area contributed by atoms with Crippen LogP contribution in [0.4, 0.5) is 0 Å². The molecule has 8 nitrogen and oxygen atoms in total. The Hall–Kier alpha value is -2.16. The van der Waals surface area contributed by atoms with Crippen molar-refractivity contribution in [3.63, 3.8) is 0 Å². The van der Waals surface area contributed by atoms with Crippen LogP contribution in [-0.2, 0) is 28.7 Å². The molecular weight excluding hydrogens is 644 g/mol. The summed E-state index contributed by atoms with van der Waals surface area (Å²) in [4.78, 5) is 46.7. The van der Waals surface area contributed by atoms with Crippen LogP contribution in [0.3, 0.4) is 0 Å². The van der Waals surface area contributed by atoms with E-state index < -0.39 is 35.6 Å². The fourth-order valence-corrected chi connectivity index (χ4v) is 9.31. The van der Waals surface area contributed by atoms with Crippen LogP contribution < -0.4 is 0 Å². The molecule has 4 aliphatic carbocycles. The van der Waals surface area contributed by atoms with E-state index in [1.165, 1.54) is 89.9 Å². The highest BCUT2D eigenvalue weighted by atomic mass is 16.5. The number of ketones is 2. The molecule has 0 aromatic carbocycles. The number of methoxy groups -OCH3 is 1. The summed E-state index contributed by atoms with van der Waals surface area (Å²) in [7, 11) is 1.79. The third-order valence-corrected chi connectivity index (χ3v) is 11.9. The van der Waals surface area contributed by atoms with Gasteiger partial charge in [-0.25, -0.2) is 0 Å². The van der Waals surface area contributed by atoms with Gasteiger partial charge in [0.1, 0.15) is 12.9 Å². The fraction of sp³-hybridized carbons (Fsp3) is 0.814. The highest BCUT2D eigenvalue weighted by Crippen LogP contribution is 2.63. The second-order valence-corrected chi connectivity index (χ2v) is 15.3. The van der Waals surface area contributed by atoms with Gasteiger partial charge in [0, 0.05) is 37.9 Å². The number of aliphatic hydroxyl groups excluding tert-OH is 1. The first-order valence-electron chi connectivity index (χ1n) is 20.6. The molecule has 0 amide bonds. The van der Waals surface area contributed by atoms with Crippen LogP contribution in [0, 0.1) is 29.1 Å². The Kier molecular flexibility index (Phi) is 21.4. The molecule has 0 radical (unpaired) electrons. The standard InChI is InChI=1S/C24H30O7.C17H36O.C2H6/c1-23-9-8-15(26)11-14(23)4-5-16-17-6-7-18(24(17,30)12-19(27)22(16)23)20(28)13-31-21(29)3-2-10-25;1-3-4-5-6-7-8-9-10-11-12-13-14-15-16-17-18-2;1-2/h8-11,16-19,22,27,30H,2-7,12-13H2,1H3;3-17H2,1-2H3;1-2H3/t16?,17-,18?,19?,22?,23?,24?;;/m0../s1. The molecule has 0 aliphatic heterocycles. The number of rotatable bonds is 21. The third-order valence-electron chi connectivity index (χ3n) is 11.9. The Labute approximate surface area is 309 Å². The van der Waals surface area contributed by atoms with E-state index >= 15 is 0 Å². The van der Waals surface area contributed by atoms with Gasteiger partial charge in [-0.2, -0.15) is 0 Å². The molecule has 7 atom stereocenters. The van der Waals surface area contributed by atoms with E-state index in [1.54, 1.807) is 19.3 Å². The highest BCUT2D eigenvalue weighted by molar-refractivity contribution is 6.01. The Morgan fingerprint density at radius 2 is 1.51 bits per heavy atom. The minimum absolute atomic E-state index is 0.0260. The second kappa shape index (κ2) is 24.2. The van der Waals surface area contributed by atoms with Crippen molar-refractivity contribution in [3.8, 4) is 0 Å². The van der Waals surface area contributed by atoms with Crippen molar-refractivity contribution in [3.05, 3.63) is 23.8 Å². The molecule has 0 aromatic rings. The van der Waals surface area contributed by atoms with Crippen molar-refractivity contribution in [1.29, 1.82) is 0 Å². The van der Waals surface area contributed by atoms with Crippen molar-refractivity contribution in [2.24, 2.45) is 29.1 Å². The summed E-state index contributed by atoms with van der Waals surface area (Å²) < 4.78 is 10.1. The number of carbonyl (C=O) groups excluding carboxylic acids is 4. The number of hydrogen-bond acceptors (Lipinski definition) is 8. The zero-order chi connectivity index (χ0) is 37.7. The summed E-state index contributed by atoms with van der Waals surface area (Å²) >= 11 is 0. The molecule has 0 heterocycles. The molecule has 0 aromatic heterocycles. The Balaban J connectivity index is 0.000000387. The predicted molar refractivity (Wildman–Crippen MR) is 203 cm³/mol. The zero-order valence-electron chi connectivity index (χ0n) is 32.8. The van der Waals surface area contributed by atoms with Crippen molar-refractivity contribution < 1.29 is 38.9 Å². The maximum Gasteiger partial charge on any atom is 0.306 e. The second-order valence-electron chi connectivity index (χ2n) is 15.3. The summed E-state index contributed by atoms with van der Waals surface area (Å²) in [5.74, 6) is -1.84. The molecule has 4 aliphatic rings. The number of ether oxygens (including phenoxy) is 2. The van der Waals surface area contributed by atoms with Gasteiger partial charge in [-0.15, -0.1) is 0 Å². The SMILES string of the molecule is CC.CC12C=CC(=O)C=C1CCC1C2C(O)CC2(O)C(C(=O)COC(=O)CCC=O)CC[C@@H]12.CCCCCCCCCCCCCCCCOC. The Bertz CT molecular complexity index is 1100. The van der Waals surface area contributed by atoms with Gasteiger partial charge < -0.3 is 24.5 Å². The van der Waals surface area contributed by atoms with Gasteiger partial charge in [0.05, 0.1) is 24.0 Å². The topological polar surface area (TPSA) is 127 Å². The number of carbonyl (C=O) groups is 4. The van der Waals surface area contributed by atoms with Gasteiger partial charge in [-0.1, -0.05) is 123 Å². The van der Waals surface area contributed by atoms with Gasteiger partial charge >= 0.3 is 5.97 Å². The van der Waals surface area contributed by atoms with Crippen molar-refractivity contribution in [2.45, 2.75) is 174 Å². The number of aliphatic hydroxyl groups is 2. The maximum atomic E-state index is 12.8. The first kappa shape index (κ1) is 45.0. The summed E-state index contributed by atoms with van der Waals surface area (Å²) in [5, 5.41) is 22.8. The highest BCUT2D eigenvalue weighted by Gasteiger charge is 2.64. The van der Waals surface area contributed by atoms with E-state index in [4.69, 9.17) is 9.47 Å². The van der Waals surface area contributed by atoms with Gasteiger partial charge in [-0.05, 0) is 56.1 Å². The minimum Gasteiger partial charge on any atom is -0.458 e. The molecule has 3 saturated carbocycles. The average molecular weight is 717 g/mol. The van der Waals surface area contributed by atoms with Gasteiger partial charge in [0.25, 0.3) is 0 Å². The van der Waals surface area contributed by atoms with Crippen molar-refractivity contribution in [1.82, 2.24) is 0 Å². The maximum absolute atomic E-state index is 12.8. The molecule has 0 bridgehead atoms. The van der Waals surface area contributed by atoms with Crippen molar-refractivity contribution >= 4 is 23.8 Å². The molecule has 292 valence electrons. The van der Waals surface area contributed by atoms with Gasteiger partial charge in [0.2, 0.25) is 0 Å². The lowest BCUT2D eigenvalue weighted by Gasteiger charge is -2.57. The molecule has 0 spiro atoms. The van der Waals surface area contributed by atoms with Crippen LogP contribution in [0.1, 0.15) is 163 Å². The van der Waals surface area contributed by atoms with Gasteiger partial charge in [-0.3, -0.25) is 14.4 Å². The number of hydrogen-bond donors (Lipinski definition) is 2. The molecule has 0 saturated heterocycles. The number of unbranched alkanes of at least 4 members (excludes halogenated alkanes) is 13. The van der Waals surface area contributed by atoms with E-state index in [2.05, 4.69) is 13.8 Å². The van der Waals surface area contributed by atoms with E-state index in [9.17, 15) is 29.4 Å². The molecule has 3 fully saturated rings. The predicted octanol–water partition coefficient (Wildman–Crippen LogP) is 8.84. The number of allylic oxidation sites excluding steroid dienone is 4. The van der Waals surface area contributed by atoms with Crippen LogP contribution in [0.2, 0.25) is 0 Å². The number of aldehydes is 1. The van der Waals surface area contributed by atoms with E-state index in [0.29, 0.717) is 19.1 Å². The molecular formula is C43H72O8. The number of esters is 1. The van der Waals surface area contributed by atoms with Gasteiger partial charge in [0.15, 0.2) is 11.6 Å². The summed E-state index contributed by atoms with van der Waals surface area (Å²) in [6, 6.07) is 0. The average Bonchev–Trinajstić information content (AvgIpc) is 3.47. The van der Waals surface area contributed by atoms with Crippen molar-refractivity contribution in [2.75, 3.05) is 20.3 Å². The normalized spacial score (nSPS) is 28.9. The summed E-state index contributed by atoms with van der Waals surface area (Å²) in [6.45, 7) is 8.87. The quantitative estimate of drug-likeness (QED) is 0.0686. The van der Waals surface area contributed by atoms with E-state index in [0.717, 1.165) is 25.0 Å². The van der Waals surface area contributed by atoms with E-state index in [1.807, 2.05) is 19.9 Å². The summed E-state index contributed by atoms with van der Waals surface area (Å²) in [6.07, 6.45) is 27.7. The Morgan fingerprint density at radius 1 is 0.922 bits per heavy atom. The monoisotopic (exact) mass is 717 g/mol. The fourth-order valence-electron chi connectivity index (χ4n) is 9.31. The van der Waals surface area contributed by atoms with E-state index in [-0.39, 0.29) is 48.6 Å². The summed E-state index contributed by atoms with van der Waals surface area (Å²) in [5.41, 5.74) is -0.703. The molecule has 4 rings (SSSR count). The molecule has 2 N–H and O–H groups in total. The molecule has 8 heteroatoms. The lowest BCUT2D eigenvalue weighted by Crippen LogP contribution is -2.60. The largest absolute Gasteiger partial charge is 0.458 e. The first-order chi connectivity index (χ1) is 24.6. The first-order valence-corrected chi connectivity index (χ1v) is 20.6. The number of fused-ring (bicyclic) bond motifs is 5. The number of Topliss-reactive ketones (excluding diaryl/α,β-unsaturated/α-hetero) is 1. The van der Waals surface area contributed by atoms with Crippen LogP contribution in [0.5, 0.6) is 0 Å². The minimum atomic E-state index is -1.32. The van der Waals surface area contributed by atoms with Crippen LogP contribution in [-0.4, -0.2) is 66.1 Å². The lowest BCUT2D eigenvalue weighted by molar-refractivity contribution is -0.175. The molecule has 6 unspecified atom stereocenters. The van der Waals surface area contributed by atoms with Crippen LogP contribution in [0.15, 0.2) is 23.8 Å². The smallest absolute Gasteiger partial charge is 0.306 e. The lowest BCUT2D eigenvalue weighted by atomic mass is 9.49. The Morgan fingerprint density at radius 3 is 2.08 bits per heavy atom. The van der Waals surface area contributed by atoms with Crippen LogP contribution >= 0.6 is 0 Å². The third kappa shape index (κ3) is 13.3.